The number of aromatic hydroxyl groups is 1. The predicted molar refractivity (Wildman–Crippen MR) is 53.7 cm³/mol. The highest BCUT2D eigenvalue weighted by atomic mass is 16.3. The summed E-state index contributed by atoms with van der Waals surface area (Å²) in [6.45, 7) is 3.26. The van der Waals surface area contributed by atoms with Crippen molar-refractivity contribution in [1.29, 1.82) is 0 Å². The molecule has 0 saturated carbocycles. The Labute approximate surface area is 85.4 Å². The number of nitrogens with one attached hydrogen (secondary N) is 1. The van der Waals surface area contributed by atoms with E-state index in [0.717, 1.165) is 0 Å². The molecule has 2 N–H and O–H groups in total. The number of H-pyrrole nitrogens is 1. The average molecular weight is 206 g/mol. The maximum Gasteiger partial charge on any atom is 0.257 e. The van der Waals surface area contributed by atoms with Crippen molar-refractivity contribution in [3.05, 3.63) is 34.0 Å². The zero-order valence-electron chi connectivity index (χ0n) is 8.37. The quantitative estimate of drug-likeness (QED) is 0.738. The second-order valence-corrected chi connectivity index (χ2v) is 3.25. The number of rotatable bonds is 1. The van der Waals surface area contributed by atoms with Gasteiger partial charge < -0.3 is 14.5 Å². The molecule has 0 spiro atoms. The van der Waals surface area contributed by atoms with Crippen LogP contribution in [-0.4, -0.2) is 15.1 Å². The Kier molecular flexibility index (Phi) is 2.07. The Morgan fingerprint density at radius 1 is 1.47 bits per heavy atom. The van der Waals surface area contributed by atoms with Crippen LogP contribution in [0.5, 0.6) is 5.88 Å². The highest BCUT2D eigenvalue weighted by molar-refractivity contribution is 5.57. The number of hydrogen-bond acceptors (Lipinski definition) is 4. The zero-order chi connectivity index (χ0) is 11.0. The van der Waals surface area contributed by atoms with Crippen LogP contribution in [0, 0.1) is 13.8 Å². The van der Waals surface area contributed by atoms with E-state index in [1.807, 2.05) is 0 Å². The molecule has 2 rings (SSSR count). The first-order valence-electron chi connectivity index (χ1n) is 4.44. The van der Waals surface area contributed by atoms with E-state index in [1.54, 1.807) is 13.0 Å². The molecule has 78 valence electrons. The molecule has 0 aliphatic rings. The number of aromatic amines is 1. The monoisotopic (exact) mass is 206 g/mol. The summed E-state index contributed by atoms with van der Waals surface area (Å²) in [5.41, 5.74) is 0.528. The summed E-state index contributed by atoms with van der Waals surface area (Å²) in [5.74, 6) is 0.699. The standard InChI is InChI=1S/C10H10N2O3/c1-5-9(13)11-8(12-10(5)14)7-3-4-15-6(7)2/h3-4H,1-2H3,(H2,11,12,13,14). The van der Waals surface area contributed by atoms with E-state index in [1.165, 1.54) is 13.2 Å². The van der Waals surface area contributed by atoms with Gasteiger partial charge >= 0.3 is 0 Å². The van der Waals surface area contributed by atoms with Gasteiger partial charge in [0.05, 0.1) is 17.4 Å². The molecule has 0 aliphatic heterocycles. The van der Waals surface area contributed by atoms with Crippen molar-refractivity contribution < 1.29 is 9.52 Å². The van der Waals surface area contributed by atoms with Gasteiger partial charge in [-0.3, -0.25) is 4.79 Å². The molecule has 0 aliphatic carbocycles. The Bertz CT molecular complexity index is 554. The van der Waals surface area contributed by atoms with Crippen molar-refractivity contribution in [2.45, 2.75) is 13.8 Å². The molecule has 0 amide bonds. The third-order valence-electron chi connectivity index (χ3n) is 2.24. The lowest BCUT2D eigenvalue weighted by Crippen LogP contribution is -2.12. The minimum absolute atomic E-state index is 0.208. The van der Waals surface area contributed by atoms with E-state index in [2.05, 4.69) is 9.97 Å². The first kappa shape index (κ1) is 9.51. The van der Waals surface area contributed by atoms with Gasteiger partial charge in [0.25, 0.3) is 5.56 Å². The highest BCUT2D eigenvalue weighted by Crippen LogP contribution is 2.21. The molecule has 0 radical (unpaired) electrons. The maximum atomic E-state index is 11.4. The van der Waals surface area contributed by atoms with E-state index in [0.29, 0.717) is 17.1 Å². The summed E-state index contributed by atoms with van der Waals surface area (Å²) in [6.07, 6.45) is 1.50. The van der Waals surface area contributed by atoms with Crippen LogP contribution in [0.4, 0.5) is 0 Å². The van der Waals surface area contributed by atoms with Crippen LogP contribution < -0.4 is 5.56 Å². The zero-order valence-corrected chi connectivity index (χ0v) is 8.37. The van der Waals surface area contributed by atoms with Crippen LogP contribution in [0.25, 0.3) is 11.4 Å². The van der Waals surface area contributed by atoms with Crippen molar-refractivity contribution in [2.24, 2.45) is 0 Å². The number of aryl methyl sites for hydroxylation is 1. The summed E-state index contributed by atoms with van der Waals surface area (Å²) in [5, 5.41) is 9.41. The molecule has 0 saturated heterocycles. The molecule has 0 aromatic carbocycles. The second-order valence-electron chi connectivity index (χ2n) is 3.25. The van der Waals surface area contributed by atoms with Gasteiger partial charge in [0, 0.05) is 0 Å². The number of nitrogens with zero attached hydrogens (tertiary/aromatic N) is 1. The summed E-state index contributed by atoms with van der Waals surface area (Å²) in [4.78, 5) is 17.8. The first-order chi connectivity index (χ1) is 7.09. The molecule has 2 heterocycles. The van der Waals surface area contributed by atoms with Gasteiger partial charge in [-0.2, -0.15) is 4.98 Å². The Morgan fingerprint density at radius 3 is 2.73 bits per heavy atom. The third kappa shape index (κ3) is 1.52. The van der Waals surface area contributed by atoms with Crippen molar-refractivity contribution in [3.63, 3.8) is 0 Å². The van der Waals surface area contributed by atoms with Gasteiger partial charge in [0.1, 0.15) is 11.6 Å². The lowest BCUT2D eigenvalue weighted by Gasteiger charge is -2.01. The van der Waals surface area contributed by atoms with Crippen LogP contribution in [0.3, 0.4) is 0 Å². The molecule has 5 nitrogen and oxygen atoms in total. The number of hydrogen-bond donors (Lipinski definition) is 2. The van der Waals surface area contributed by atoms with Gasteiger partial charge in [-0.05, 0) is 19.9 Å². The largest absolute Gasteiger partial charge is 0.493 e. The second kappa shape index (κ2) is 3.27. The molecule has 2 aromatic rings. The van der Waals surface area contributed by atoms with Crippen LogP contribution in [0.2, 0.25) is 0 Å². The summed E-state index contributed by atoms with van der Waals surface area (Å²) in [7, 11) is 0. The fourth-order valence-electron chi connectivity index (χ4n) is 1.28. The molecule has 0 atom stereocenters. The predicted octanol–water partition coefficient (Wildman–Crippen LogP) is 1.35. The highest BCUT2D eigenvalue weighted by Gasteiger charge is 2.11. The fourth-order valence-corrected chi connectivity index (χ4v) is 1.28. The van der Waals surface area contributed by atoms with Crippen LogP contribution in [0.1, 0.15) is 11.3 Å². The normalized spacial score (nSPS) is 10.5. The molecular weight excluding hydrogens is 196 g/mol. The number of aromatic nitrogens is 2. The minimum Gasteiger partial charge on any atom is -0.493 e. The van der Waals surface area contributed by atoms with Gasteiger partial charge in [-0.25, -0.2) is 0 Å². The Morgan fingerprint density at radius 2 is 2.20 bits per heavy atom. The van der Waals surface area contributed by atoms with Crippen molar-refractivity contribution in [1.82, 2.24) is 9.97 Å². The molecule has 0 unspecified atom stereocenters. The van der Waals surface area contributed by atoms with E-state index >= 15 is 0 Å². The smallest absolute Gasteiger partial charge is 0.257 e. The molecule has 2 aromatic heterocycles. The summed E-state index contributed by atoms with van der Waals surface area (Å²) < 4.78 is 5.09. The van der Waals surface area contributed by atoms with Gasteiger partial charge in [-0.1, -0.05) is 0 Å². The van der Waals surface area contributed by atoms with Gasteiger partial charge in [0.15, 0.2) is 0 Å². The summed E-state index contributed by atoms with van der Waals surface area (Å²) in [6, 6.07) is 1.68. The van der Waals surface area contributed by atoms with Crippen LogP contribution in [0.15, 0.2) is 21.5 Å². The molecule has 15 heavy (non-hydrogen) atoms. The first-order valence-corrected chi connectivity index (χ1v) is 4.44. The van der Waals surface area contributed by atoms with Crippen molar-refractivity contribution >= 4 is 0 Å². The molecule has 5 heteroatoms. The van der Waals surface area contributed by atoms with E-state index in [-0.39, 0.29) is 17.0 Å². The van der Waals surface area contributed by atoms with Crippen LogP contribution >= 0.6 is 0 Å². The van der Waals surface area contributed by atoms with Crippen molar-refractivity contribution in [2.75, 3.05) is 0 Å². The molecular formula is C10H10N2O3. The third-order valence-corrected chi connectivity index (χ3v) is 2.24. The SMILES string of the molecule is Cc1occc1-c1nc(O)c(C)c(=O)[nH]1. The lowest BCUT2D eigenvalue weighted by atomic mass is 10.2. The van der Waals surface area contributed by atoms with Gasteiger partial charge in [-0.15, -0.1) is 0 Å². The van der Waals surface area contributed by atoms with E-state index in [9.17, 15) is 9.90 Å². The van der Waals surface area contributed by atoms with Crippen LogP contribution in [-0.2, 0) is 0 Å². The topological polar surface area (TPSA) is 79.1 Å². The van der Waals surface area contributed by atoms with Crippen molar-refractivity contribution in [3.8, 4) is 17.3 Å². The maximum absolute atomic E-state index is 11.4. The summed E-state index contributed by atoms with van der Waals surface area (Å²) >= 11 is 0. The Hall–Kier alpha value is -2.04. The van der Waals surface area contributed by atoms with E-state index in [4.69, 9.17) is 4.42 Å². The Balaban J connectivity index is 2.66. The number of furan rings is 1. The minimum atomic E-state index is -0.349. The molecule has 0 fully saturated rings. The average Bonchev–Trinajstić information content (AvgIpc) is 2.60. The lowest BCUT2D eigenvalue weighted by molar-refractivity contribution is 0.447. The fraction of sp³-hybridized carbons (Fsp3) is 0.200. The van der Waals surface area contributed by atoms with E-state index < -0.39 is 0 Å². The molecule has 0 bridgehead atoms. The van der Waals surface area contributed by atoms with Gasteiger partial charge in [0.2, 0.25) is 5.88 Å².